The van der Waals surface area contributed by atoms with Crippen LogP contribution in [0.1, 0.15) is 110 Å². The second-order valence-corrected chi connectivity index (χ2v) is 7.48. The summed E-state index contributed by atoms with van der Waals surface area (Å²) < 4.78 is 0. The second-order valence-electron chi connectivity index (χ2n) is 7.48. The van der Waals surface area contributed by atoms with Gasteiger partial charge in [-0.05, 0) is 37.5 Å². The van der Waals surface area contributed by atoms with Gasteiger partial charge in [-0.3, -0.25) is 0 Å². The highest BCUT2D eigenvalue weighted by atomic mass is 14.7. The Morgan fingerprint density at radius 3 is 1.90 bits per heavy atom. The molecule has 1 rings (SSSR count). The van der Waals surface area contributed by atoms with Crippen molar-refractivity contribution in [3.63, 3.8) is 0 Å². The zero-order chi connectivity index (χ0) is 15.3. The Kier molecular flexibility index (Phi) is 11.3. The van der Waals surface area contributed by atoms with E-state index in [1.807, 2.05) is 0 Å². The monoisotopic (exact) mass is 295 g/mol. The Hall–Kier alpha value is -0.0400. The van der Waals surface area contributed by atoms with E-state index in [0.717, 1.165) is 11.8 Å². The van der Waals surface area contributed by atoms with Crippen molar-refractivity contribution in [1.29, 1.82) is 0 Å². The third-order valence-electron chi connectivity index (χ3n) is 5.66. The van der Waals surface area contributed by atoms with Crippen LogP contribution in [-0.4, -0.2) is 6.04 Å². The lowest BCUT2D eigenvalue weighted by Crippen LogP contribution is -2.36. The van der Waals surface area contributed by atoms with Crippen LogP contribution in [0.3, 0.4) is 0 Å². The third kappa shape index (κ3) is 8.86. The van der Waals surface area contributed by atoms with Crippen LogP contribution in [0.25, 0.3) is 0 Å². The predicted molar refractivity (Wildman–Crippen MR) is 95.6 cm³/mol. The van der Waals surface area contributed by atoms with E-state index in [1.54, 1.807) is 0 Å². The molecule has 1 fully saturated rings. The molecule has 3 unspecified atom stereocenters. The summed E-state index contributed by atoms with van der Waals surface area (Å²) >= 11 is 0. The zero-order valence-corrected chi connectivity index (χ0v) is 14.9. The molecule has 0 aliphatic heterocycles. The third-order valence-corrected chi connectivity index (χ3v) is 5.66. The Morgan fingerprint density at radius 2 is 1.33 bits per heavy atom. The smallest absolute Gasteiger partial charge is 0.00673 e. The molecule has 0 heterocycles. The summed E-state index contributed by atoms with van der Waals surface area (Å²) in [6.45, 7) is 4.64. The van der Waals surface area contributed by atoms with Gasteiger partial charge in [0.25, 0.3) is 0 Å². The summed E-state index contributed by atoms with van der Waals surface area (Å²) in [5.41, 5.74) is 6.32. The Labute approximate surface area is 134 Å². The number of hydrogen-bond donors (Lipinski definition) is 1. The van der Waals surface area contributed by atoms with E-state index < -0.39 is 0 Å². The van der Waals surface area contributed by atoms with Crippen molar-refractivity contribution in [3.8, 4) is 0 Å². The summed E-state index contributed by atoms with van der Waals surface area (Å²) in [5.74, 6) is 1.80. The van der Waals surface area contributed by atoms with Gasteiger partial charge in [0.05, 0.1) is 0 Å². The SMILES string of the molecule is CCCCCCCCCCCCC1CC(CC)CCC1N. The average Bonchev–Trinajstić information content (AvgIpc) is 2.51. The van der Waals surface area contributed by atoms with Gasteiger partial charge in [-0.2, -0.15) is 0 Å². The molecule has 3 atom stereocenters. The number of hydrogen-bond acceptors (Lipinski definition) is 1. The molecule has 1 nitrogen and oxygen atoms in total. The maximum Gasteiger partial charge on any atom is 0.00673 e. The van der Waals surface area contributed by atoms with E-state index >= 15 is 0 Å². The van der Waals surface area contributed by atoms with Gasteiger partial charge in [-0.15, -0.1) is 0 Å². The van der Waals surface area contributed by atoms with Gasteiger partial charge >= 0.3 is 0 Å². The van der Waals surface area contributed by atoms with Gasteiger partial charge in [0, 0.05) is 6.04 Å². The van der Waals surface area contributed by atoms with Crippen molar-refractivity contribution in [3.05, 3.63) is 0 Å². The van der Waals surface area contributed by atoms with Crippen LogP contribution in [-0.2, 0) is 0 Å². The molecule has 0 amide bonds. The fourth-order valence-corrected chi connectivity index (χ4v) is 3.98. The molecule has 0 saturated heterocycles. The molecule has 0 aromatic rings. The van der Waals surface area contributed by atoms with Gasteiger partial charge in [0.1, 0.15) is 0 Å². The molecule has 1 saturated carbocycles. The highest BCUT2D eigenvalue weighted by Crippen LogP contribution is 2.33. The maximum absolute atomic E-state index is 6.32. The van der Waals surface area contributed by atoms with E-state index in [9.17, 15) is 0 Å². The largest absolute Gasteiger partial charge is 0.327 e. The minimum absolute atomic E-state index is 0.506. The molecular weight excluding hydrogens is 254 g/mol. The van der Waals surface area contributed by atoms with Crippen molar-refractivity contribution in [1.82, 2.24) is 0 Å². The summed E-state index contributed by atoms with van der Waals surface area (Å²) in [7, 11) is 0. The quantitative estimate of drug-likeness (QED) is 0.411. The van der Waals surface area contributed by atoms with E-state index in [1.165, 1.54) is 96.3 Å². The molecule has 126 valence electrons. The lowest BCUT2D eigenvalue weighted by molar-refractivity contribution is 0.213. The van der Waals surface area contributed by atoms with Crippen LogP contribution >= 0.6 is 0 Å². The summed E-state index contributed by atoms with van der Waals surface area (Å²) in [5, 5.41) is 0. The first-order valence-electron chi connectivity index (χ1n) is 10.0. The Balaban J connectivity index is 1.91. The normalized spacial score (nSPS) is 26.1. The average molecular weight is 296 g/mol. The molecule has 0 aromatic carbocycles. The molecule has 0 radical (unpaired) electrons. The predicted octanol–water partition coefficient (Wildman–Crippen LogP) is 6.45. The standard InChI is InChI=1S/C20H41N/c1-3-5-6-7-8-9-10-11-12-13-14-19-17-18(4-2)15-16-20(19)21/h18-20H,3-17,21H2,1-2H3. The Bertz CT molecular complexity index is 226. The van der Waals surface area contributed by atoms with Gasteiger partial charge in [0.15, 0.2) is 0 Å². The summed E-state index contributed by atoms with van der Waals surface area (Å²) in [6.07, 6.45) is 21.2. The van der Waals surface area contributed by atoms with Gasteiger partial charge in [0.2, 0.25) is 0 Å². The van der Waals surface area contributed by atoms with Crippen molar-refractivity contribution in [2.24, 2.45) is 17.6 Å². The van der Waals surface area contributed by atoms with Crippen LogP contribution < -0.4 is 5.73 Å². The van der Waals surface area contributed by atoms with Crippen LogP contribution in [0.5, 0.6) is 0 Å². The number of rotatable bonds is 12. The van der Waals surface area contributed by atoms with Gasteiger partial charge < -0.3 is 5.73 Å². The fraction of sp³-hybridized carbons (Fsp3) is 1.00. The van der Waals surface area contributed by atoms with Crippen LogP contribution in [0.15, 0.2) is 0 Å². The first-order chi connectivity index (χ1) is 10.3. The molecule has 1 heteroatoms. The maximum atomic E-state index is 6.32. The first kappa shape index (κ1) is 19.0. The Morgan fingerprint density at radius 1 is 0.762 bits per heavy atom. The lowest BCUT2D eigenvalue weighted by Gasteiger charge is -2.33. The van der Waals surface area contributed by atoms with Crippen LogP contribution in [0, 0.1) is 11.8 Å². The molecule has 2 N–H and O–H groups in total. The zero-order valence-electron chi connectivity index (χ0n) is 14.9. The van der Waals surface area contributed by atoms with Gasteiger partial charge in [-0.25, -0.2) is 0 Å². The molecule has 0 bridgehead atoms. The van der Waals surface area contributed by atoms with E-state index in [-0.39, 0.29) is 0 Å². The van der Waals surface area contributed by atoms with Gasteiger partial charge in [-0.1, -0.05) is 84.5 Å². The summed E-state index contributed by atoms with van der Waals surface area (Å²) in [6, 6.07) is 0.506. The van der Waals surface area contributed by atoms with Crippen LogP contribution in [0.2, 0.25) is 0 Å². The first-order valence-corrected chi connectivity index (χ1v) is 10.0. The molecule has 0 aromatic heterocycles. The van der Waals surface area contributed by atoms with E-state index in [4.69, 9.17) is 5.73 Å². The number of unbranched alkanes of at least 4 members (excludes halogenated alkanes) is 9. The summed E-state index contributed by atoms with van der Waals surface area (Å²) in [4.78, 5) is 0. The van der Waals surface area contributed by atoms with Crippen molar-refractivity contribution < 1.29 is 0 Å². The van der Waals surface area contributed by atoms with Crippen molar-refractivity contribution in [2.75, 3.05) is 0 Å². The molecular formula is C20H41N. The van der Waals surface area contributed by atoms with Crippen molar-refractivity contribution in [2.45, 2.75) is 116 Å². The lowest BCUT2D eigenvalue weighted by atomic mass is 9.75. The molecule has 21 heavy (non-hydrogen) atoms. The molecule has 1 aliphatic carbocycles. The number of nitrogens with two attached hydrogens (primary N) is 1. The molecule has 1 aliphatic rings. The molecule has 0 spiro atoms. The van der Waals surface area contributed by atoms with E-state index in [0.29, 0.717) is 6.04 Å². The minimum Gasteiger partial charge on any atom is -0.327 e. The van der Waals surface area contributed by atoms with Crippen LogP contribution in [0.4, 0.5) is 0 Å². The highest BCUT2D eigenvalue weighted by molar-refractivity contribution is 4.82. The fourth-order valence-electron chi connectivity index (χ4n) is 3.98. The van der Waals surface area contributed by atoms with Crippen molar-refractivity contribution >= 4 is 0 Å². The topological polar surface area (TPSA) is 26.0 Å². The minimum atomic E-state index is 0.506. The van der Waals surface area contributed by atoms with E-state index in [2.05, 4.69) is 13.8 Å². The highest BCUT2D eigenvalue weighted by Gasteiger charge is 2.26. The second kappa shape index (κ2) is 12.5.